The lowest BCUT2D eigenvalue weighted by Crippen LogP contribution is -2.22. The standard InChI is InChI=1S/C23H33NO/c1-3-5-6-10-17-25-23-15-13-20(14-16-23)18-22(19-24-4-2)21-11-8-7-9-12-21/h7-9,11-16,22,24H,3-6,10,17-19H2,1-2H3. The lowest BCUT2D eigenvalue weighted by atomic mass is 9.92. The summed E-state index contributed by atoms with van der Waals surface area (Å²) in [4.78, 5) is 0. The first-order chi connectivity index (χ1) is 12.3. The zero-order valence-corrected chi connectivity index (χ0v) is 15.8. The minimum absolute atomic E-state index is 0.502. The fourth-order valence-corrected chi connectivity index (χ4v) is 3.08. The van der Waals surface area contributed by atoms with Gasteiger partial charge in [-0.2, -0.15) is 0 Å². The lowest BCUT2D eigenvalue weighted by Gasteiger charge is -2.18. The minimum Gasteiger partial charge on any atom is -0.494 e. The highest BCUT2D eigenvalue weighted by Gasteiger charge is 2.11. The number of rotatable bonds is 12. The molecule has 0 amide bonds. The Morgan fingerprint density at radius 1 is 0.880 bits per heavy atom. The second-order valence-electron chi connectivity index (χ2n) is 6.67. The fraction of sp³-hybridized carbons (Fsp3) is 0.478. The fourth-order valence-electron chi connectivity index (χ4n) is 3.08. The number of nitrogens with one attached hydrogen (secondary N) is 1. The number of hydrogen-bond acceptors (Lipinski definition) is 2. The first-order valence-corrected chi connectivity index (χ1v) is 9.80. The molecule has 0 spiro atoms. The van der Waals surface area contributed by atoms with Crippen LogP contribution in [0.5, 0.6) is 5.75 Å². The molecule has 0 fully saturated rings. The van der Waals surface area contributed by atoms with Crippen molar-refractivity contribution in [2.75, 3.05) is 19.7 Å². The summed E-state index contributed by atoms with van der Waals surface area (Å²) in [6, 6.07) is 19.5. The van der Waals surface area contributed by atoms with Crippen LogP contribution in [-0.2, 0) is 6.42 Å². The Kier molecular flexibility index (Phi) is 9.14. The van der Waals surface area contributed by atoms with E-state index >= 15 is 0 Å². The highest BCUT2D eigenvalue weighted by atomic mass is 16.5. The van der Waals surface area contributed by atoms with Gasteiger partial charge in [0.25, 0.3) is 0 Å². The van der Waals surface area contributed by atoms with Gasteiger partial charge in [-0.1, -0.05) is 75.6 Å². The van der Waals surface area contributed by atoms with Crippen molar-refractivity contribution < 1.29 is 4.74 Å². The van der Waals surface area contributed by atoms with Gasteiger partial charge in [-0.05, 0) is 42.6 Å². The number of likely N-dealkylation sites (N-methyl/N-ethyl adjacent to an activating group) is 1. The second kappa shape index (κ2) is 11.7. The summed E-state index contributed by atoms with van der Waals surface area (Å²) in [5, 5.41) is 3.50. The van der Waals surface area contributed by atoms with E-state index in [1.165, 1.54) is 30.4 Å². The molecule has 0 bridgehead atoms. The van der Waals surface area contributed by atoms with Gasteiger partial charge in [-0.15, -0.1) is 0 Å². The van der Waals surface area contributed by atoms with Gasteiger partial charge in [0.15, 0.2) is 0 Å². The van der Waals surface area contributed by atoms with Crippen molar-refractivity contribution in [1.29, 1.82) is 0 Å². The first-order valence-electron chi connectivity index (χ1n) is 9.80. The molecule has 0 aliphatic carbocycles. The maximum absolute atomic E-state index is 5.85. The molecular weight excluding hydrogens is 306 g/mol. The molecule has 136 valence electrons. The molecule has 1 atom stereocenters. The molecule has 2 nitrogen and oxygen atoms in total. The predicted octanol–water partition coefficient (Wildman–Crippen LogP) is 5.58. The SMILES string of the molecule is CCCCCCOc1ccc(CC(CNCC)c2ccccc2)cc1. The van der Waals surface area contributed by atoms with Crippen molar-refractivity contribution in [2.24, 2.45) is 0 Å². The average molecular weight is 340 g/mol. The van der Waals surface area contributed by atoms with Crippen molar-refractivity contribution in [1.82, 2.24) is 5.32 Å². The van der Waals surface area contributed by atoms with E-state index in [1.807, 2.05) is 0 Å². The maximum Gasteiger partial charge on any atom is 0.119 e. The highest BCUT2D eigenvalue weighted by Crippen LogP contribution is 2.22. The van der Waals surface area contributed by atoms with E-state index in [1.54, 1.807) is 0 Å². The van der Waals surface area contributed by atoms with Gasteiger partial charge in [0, 0.05) is 12.5 Å². The van der Waals surface area contributed by atoms with Crippen molar-refractivity contribution in [3.63, 3.8) is 0 Å². The molecule has 25 heavy (non-hydrogen) atoms. The van der Waals surface area contributed by atoms with Crippen LogP contribution in [0.15, 0.2) is 54.6 Å². The summed E-state index contributed by atoms with van der Waals surface area (Å²) >= 11 is 0. The molecule has 0 heterocycles. The van der Waals surface area contributed by atoms with E-state index in [4.69, 9.17) is 4.74 Å². The summed E-state index contributed by atoms with van der Waals surface area (Å²) in [6.45, 7) is 7.24. The van der Waals surface area contributed by atoms with Crippen LogP contribution in [0.1, 0.15) is 56.6 Å². The Morgan fingerprint density at radius 2 is 1.64 bits per heavy atom. The van der Waals surface area contributed by atoms with Crippen LogP contribution >= 0.6 is 0 Å². The summed E-state index contributed by atoms with van der Waals surface area (Å²) in [6.07, 6.45) is 6.03. The zero-order chi connectivity index (χ0) is 17.7. The molecule has 0 saturated heterocycles. The molecule has 1 unspecified atom stereocenters. The molecule has 0 aliphatic rings. The third kappa shape index (κ3) is 7.31. The van der Waals surface area contributed by atoms with E-state index in [9.17, 15) is 0 Å². The number of hydrogen-bond donors (Lipinski definition) is 1. The monoisotopic (exact) mass is 339 g/mol. The molecule has 1 N–H and O–H groups in total. The molecule has 0 saturated carbocycles. The summed E-state index contributed by atoms with van der Waals surface area (Å²) in [7, 11) is 0. The number of ether oxygens (including phenoxy) is 1. The zero-order valence-electron chi connectivity index (χ0n) is 15.8. The van der Waals surface area contributed by atoms with Gasteiger partial charge >= 0.3 is 0 Å². The van der Waals surface area contributed by atoms with Crippen molar-refractivity contribution in [2.45, 2.75) is 51.9 Å². The van der Waals surface area contributed by atoms with E-state index in [2.05, 4.69) is 73.8 Å². The molecule has 2 aromatic carbocycles. The molecule has 2 heteroatoms. The molecule has 0 radical (unpaired) electrons. The summed E-state index contributed by atoms with van der Waals surface area (Å²) < 4.78 is 5.85. The topological polar surface area (TPSA) is 21.3 Å². The summed E-state index contributed by atoms with van der Waals surface area (Å²) in [5.74, 6) is 1.49. The molecule has 2 rings (SSSR count). The minimum atomic E-state index is 0.502. The van der Waals surface area contributed by atoms with E-state index in [-0.39, 0.29) is 0 Å². The largest absolute Gasteiger partial charge is 0.494 e. The maximum atomic E-state index is 5.85. The smallest absolute Gasteiger partial charge is 0.119 e. The van der Waals surface area contributed by atoms with Gasteiger partial charge in [-0.3, -0.25) is 0 Å². The highest BCUT2D eigenvalue weighted by molar-refractivity contribution is 5.30. The number of benzene rings is 2. The Morgan fingerprint density at radius 3 is 2.32 bits per heavy atom. The average Bonchev–Trinajstić information content (AvgIpc) is 2.67. The molecule has 0 aliphatic heterocycles. The third-order valence-electron chi connectivity index (χ3n) is 4.58. The summed E-state index contributed by atoms with van der Waals surface area (Å²) in [5.41, 5.74) is 2.77. The van der Waals surface area contributed by atoms with Crippen molar-refractivity contribution >= 4 is 0 Å². The Bertz CT molecular complexity index is 564. The van der Waals surface area contributed by atoms with Crippen LogP contribution in [-0.4, -0.2) is 19.7 Å². The van der Waals surface area contributed by atoms with E-state index in [0.29, 0.717) is 5.92 Å². The Hall–Kier alpha value is -1.80. The van der Waals surface area contributed by atoms with E-state index in [0.717, 1.165) is 38.3 Å². The van der Waals surface area contributed by atoms with Crippen LogP contribution < -0.4 is 10.1 Å². The third-order valence-corrected chi connectivity index (χ3v) is 4.58. The van der Waals surface area contributed by atoms with Crippen molar-refractivity contribution in [3.05, 3.63) is 65.7 Å². The van der Waals surface area contributed by atoms with Crippen LogP contribution in [0.4, 0.5) is 0 Å². The first kappa shape index (κ1) is 19.5. The lowest BCUT2D eigenvalue weighted by molar-refractivity contribution is 0.305. The second-order valence-corrected chi connectivity index (χ2v) is 6.67. The molecule has 2 aromatic rings. The van der Waals surface area contributed by atoms with E-state index < -0.39 is 0 Å². The quantitative estimate of drug-likeness (QED) is 0.510. The predicted molar refractivity (Wildman–Crippen MR) is 108 cm³/mol. The van der Waals surface area contributed by atoms with Crippen molar-refractivity contribution in [3.8, 4) is 5.75 Å². The van der Waals surface area contributed by atoms with Gasteiger partial charge in [-0.25, -0.2) is 0 Å². The normalized spacial score (nSPS) is 12.1. The van der Waals surface area contributed by atoms with Crippen LogP contribution in [0.2, 0.25) is 0 Å². The molecular formula is C23H33NO. The van der Waals surface area contributed by atoms with Crippen LogP contribution in [0, 0.1) is 0 Å². The Labute approximate surface area is 153 Å². The number of unbranched alkanes of at least 4 members (excludes halogenated alkanes) is 3. The van der Waals surface area contributed by atoms with Gasteiger partial charge in [0.05, 0.1) is 6.61 Å². The molecule has 0 aromatic heterocycles. The van der Waals surface area contributed by atoms with Gasteiger partial charge < -0.3 is 10.1 Å². The van der Waals surface area contributed by atoms with Crippen LogP contribution in [0.3, 0.4) is 0 Å². The van der Waals surface area contributed by atoms with Crippen LogP contribution in [0.25, 0.3) is 0 Å². The van der Waals surface area contributed by atoms with Gasteiger partial charge in [0.2, 0.25) is 0 Å². The van der Waals surface area contributed by atoms with Gasteiger partial charge in [0.1, 0.15) is 5.75 Å². The Balaban J connectivity index is 1.88.